The highest BCUT2D eigenvalue weighted by Gasteiger charge is 2.26. The van der Waals surface area contributed by atoms with Gasteiger partial charge in [-0.3, -0.25) is 9.79 Å². The van der Waals surface area contributed by atoms with E-state index in [0.717, 1.165) is 56.5 Å². The van der Waals surface area contributed by atoms with Gasteiger partial charge in [0, 0.05) is 39.3 Å². The number of halogens is 1. The van der Waals surface area contributed by atoms with Crippen LogP contribution in [-0.2, 0) is 4.79 Å². The molecule has 31 heavy (non-hydrogen) atoms. The Hall–Kier alpha value is -1.55. The first-order chi connectivity index (χ1) is 14.7. The molecule has 1 fully saturated rings. The van der Waals surface area contributed by atoms with Crippen LogP contribution in [0.2, 0.25) is 0 Å². The maximum Gasteiger partial charge on any atom is 0.265 e. The molecule has 0 bridgehead atoms. The van der Waals surface area contributed by atoms with Gasteiger partial charge >= 0.3 is 0 Å². The summed E-state index contributed by atoms with van der Waals surface area (Å²) in [5.41, 5.74) is 0.864. The fourth-order valence-corrected chi connectivity index (χ4v) is 4.26. The van der Waals surface area contributed by atoms with Crippen molar-refractivity contribution >= 4 is 41.5 Å². The number of hydrogen-bond donors (Lipinski definition) is 1. The highest BCUT2D eigenvalue weighted by molar-refractivity contribution is 14.0. The third-order valence-corrected chi connectivity index (χ3v) is 5.94. The Kier molecular flexibility index (Phi) is 10.9. The number of para-hydroxylation sites is 2. The smallest absolute Gasteiger partial charge is 0.265 e. The van der Waals surface area contributed by atoms with Crippen molar-refractivity contribution in [1.29, 1.82) is 0 Å². The lowest BCUT2D eigenvalue weighted by Gasteiger charge is -2.29. The van der Waals surface area contributed by atoms with Crippen molar-refractivity contribution in [2.45, 2.75) is 33.6 Å². The molecule has 0 aliphatic carbocycles. The number of amides is 1. The molecule has 8 heteroatoms. The lowest BCUT2D eigenvalue weighted by molar-refractivity contribution is -0.121. The Bertz CT molecular complexity index is 726. The molecule has 2 aliphatic rings. The number of carbonyl (C=O) groups excluding carboxylic acids is 1. The number of rotatable bonds is 9. The van der Waals surface area contributed by atoms with Crippen molar-refractivity contribution in [3.8, 4) is 5.75 Å². The number of anilines is 1. The highest BCUT2D eigenvalue weighted by atomic mass is 127. The Labute approximate surface area is 204 Å². The average molecular weight is 543 g/mol. The summed E-state index contributed by atoms with van der Waals surface area (Å²) in [5.74, 6) is 2.51. The quantitative estimate of drug-likeness (QED) is 0.225. The molecule has 1 amide bonds. The zero-order valence-corrected chi connectivity index (χ0v) is 21.5. The lowest BCUT2D eigenvalue weighted by atomic mass is 10.1. The molecule has 174 valence electrons. The molecular formula is C23H38IN5O2. The zero-order chi connectivity index (χ0) is 21.3. The van der Waals surface area contributed by atoms with Crippen LogP contribution < -0.4 is 15.0 Å². The van der Waals surface area contributed by atoms with Crippen molar-refractivity contribution in [3.05, 3.63) is 24.3 Å². The SMILES string of the molecule is CCNC(=NCCCN1C(=O)COc2ccccc21)N1CCC(CN(CC)CC)C1.I. The van der Waals surface area contributed by atoms with Crippen LogP contribution in [-0.4, -0.2) is 80.6 Å². The van der Waals surface area contributed by atoms with Crippen LogP contribution in [0.1, 0.15) is 33.6 Å². The number of aliphatic imine (C=N–C) groups is 1. The minimum Gasteiger partial charge on any atom is -0.482 e. The second-order valence-corrected chi connectivity index (χ2v) is 7.98. The van der Waals surface area contributed by atoms with Crippen molar-refractivity contribution in [1.82, 2.24) is 15.1 Å². The van der Waals surface area contributed by atoms with Gasteiger partial charge in [0.1, 0.15) is 5.75 Å². The van der Waals surface area contributed by atoms with E-state index < -0.39 is 0 Å². The van der Waals surface area contributed by atoms with Crippen molar-refractivity contribution in [2.24, 2.45) is 10.9 Å². The molecule has 0 aromatic heterocycles. The number of likely N-dealkylation sites (tertiary alicyclic amines) is 1. The summed E-state index contributed by atoms with van der Waals surface area (Å²) in [4.78, 5) is 23.9. The van der Waals surface area contributed by atoms with Gasteiger partial charge in [0.2, 0.25) is 0 Å². The number of ether oxygens (including phenoxy) is 1. The summed E-state index contributed by atoms with van der Waals surface area (Å²) in [6.07, 6.45) is 2.05. The number of guanidine groups is 1. The van der Waals surface area contributed by atoms with Crippen LogP contribution in [0.4, 0.5) is 5.69 Å². The standard InChI is InChI=1S/C23H37N5O2.HI/c1-4-24-23(27-15-12-19(17-27)16-26(5-2)6-3)25-13-9-14-28-20-10-7-8-11-21(20)30-18-22(28)29;/h7-8,10-11,19H,4-6,9,12-18H2,1-3H3,(H,24,25);1H. The normalized spacial score (nSPS) is 18.6. The van der Waals surface area contributed by atoms with Crippen LogP contribution in [0, 0.1) is 5.92 Å². The zero-order valence-electron chi connectivity index (χ0n) is 19.2. The topological polar surface area (TPSA) is 60.4 Å². The molecule has 1 N–H and O–H groups in total. The van der Waals surface area contributed by atoms with Crippen LogP contribution in [0.3, 0.4) is 0 Å². The van der Waals surface area contributed by atoms with Gasteiger partial charge in [-0.2, -0.15) is 0 Å². The van der Waals surface area contributed by atoms with E-state index in [1.807, 2.05) is 29.2 Å². The first kappa shape index (κ1) is 25.7. The van der Waals surface area contributed by atoms with Crippen LogP contribution >= 0.6 is 24.0 Å². The molecule has 1 aromatic carbocycles. The van der Waals surface area contributed by atoms with Crippen LogP contribution in [0.15, 0.2) is 29.3 Å². The van der Waals surface area contributed by atoms with Crippen molar-refractivity contribution in [3.63, 3.8) is 0 Å². The fraction of sp³-hybridized carbons (Fsp3) is 0.652. The molecular weight excluding hydrogens is 505 g/mol. The van der Waals surface area contributed by atoms with Gasteiger partial charge in [-0.25, -0.2) is 0 Å². The Balaban J connectivity index is 0.00000341. The first-order valence-corrected chi connectivity index (χ1v) is 11.4. The highest BCUT2D eigenvalue weighted by Crippen LogP contribution is 2.31. The molecule has 0 radical (unpaired) electrons. The Morgan fingerprint density at radius 3 is 2.77 bits per heavy atom. The number of hydrogen-bond acceptors (Lipinski definition) is 4. The largest absolute Gasteiger partial charge is 0.482 e. The van der Waals surface area contributed by atoms with E-state index in [1.165, 1.54) is 13.0 Å². The fourth-order valence-electron chi connectivity index (χ4n) is 4.26. The number of benzene rings is 1. The van der Waals surface area contributed by atoms with E-state index >= 15 is 0 Å². The molecule has 7 nitrogen and oxygen atoms in total. The number of carbonyl (C=O) groups is 1. The van der Waals surface area contributed by atoms with E-state index in [4.69, 9.17) is 9.73 Å². The summed E-state index contributed by atoms with van der Waals surface area (Å²) in [7, 11) is 0. The van der Waals surface area contributed by atoms with Crippen LogP contribution in [0.25, 0.3) is 0 Å². The van der Waals surface area contributed by atoms with Gasteiger partial charge in [-0.15, -0.1) is 24.0 Å². The van der Waals surface area contributed by atoms with Gasteiger partial charge in [0.15, 0.2) is 12.6 Å². The summed E-state index contributed by atoms with van der Waals surface area (Å²) < 4.78 is 5.52. The van der Waals surface area contributed by atoms with Gasteiger partial charge in [0.05, 0.1) is 5.69 Å². The van der Waals surface area contributed by atoms with E-state index in [0.29, 0.717) is 19.0 Å². The summed E-state index contributed by atoms with van der Waals surface area (Å²) in [6, 6.07) is 7.73. The summed E-state index contributed by atoms with van der Waals surface area (Å²) in [6.45, 7) is 14.5. The van der Waals surface area contributed by atoms with E-state index in [9.17, 15) is 4.79 Å². The molecule has 1 aromatic rings. The van der Waals surface area contributed by atoms with Gasteiger partial charge in [-0.1, -0.05) is 26.0 Å². The predicted molar refractivity (Wildman–Crippen MR) is 138 cm³/mol. The third kappa shape index (κ3) is 6.97. The molecule has 2 heterocycles. The van der Waals surface area contributed by atoms with Gasteiger partial charge in [0.25, 0.3) is 5.91 Å². The second kappa shape index (κ2) is 13.1. The molecule has 1 saturated heterocycles. The molecule has 0 spiro atoms. The average Bonchev–Trinajstić information content (AvgIpc) is 3.23. The number of nitrogens with one attached hydrogen (secondary N) is 1. The van der Waals surface area contributed by atoms with Gasteiger partial charge in [-0.05, 0) is 50.9 Å². The number of fused-ring (bicyclic) bond motifs is 1. The predicted octanol–water partition coefficient (Wildman–Crippen LogP) is 3.05. The van der Waals surface area contributed by atoms with E-state index in [-0.39, 0.29) is 36.5 Å². The van der Waals surface area contributed by atoms with Gasteiger partial charge < -0.3 is 24.8 Å². The van der Waals surface area contributed by atoms with E-state index in [2.05, 4.69) is 35.9 Å². The molecule has 1 unspecified atom stereocenters. The Morgan fingerprint density at radius 2 is 2.03 bits per heavy atom. The second-order valence-electron chi connectivity index (χ2n) is 7.98. The third-order valence-electron chi connectivity index (χ3n) is 5.94. The Morgan fingerprint density at radius 1 is 1.26 bits per heavy atom. The maximum absolute atomic E-state index is 12.3. The number of nitrogens with zero attached hydrogens (tertiary/aromatic N) is 4. The molecule has 2 aliphatic heterocycles. The lowest BCUT2D eigenvalue weighted by Crippen LogP contribution is -2.41. The van der Waals surface area contributed by atoms with E-state index in [1.54, 1.807) is 0 Å². The van der Waals surface area contributed by atoms with Crippen molar-refractivity contribution in [2.75, 3.05) is 63.9 Å². The first-order valence-electron chi connectivity index (χ1n) is 11.4. The van der Waals surface area contributed by atoms with Crippen LogP contribution in [0.5, 0.6) is 5.75 Å². The van der Waals surface area contributed by atoms with Crippen molar-refractivity contribution < 1.29 is 9.53 Å². The maximum atomic E-state index is 12.3. The molecule has 0 saturated carbocycles. The molecule has 1 atom stereocenters. The monoisotopic (exact) mass is 543 g/mol. The minimum absolute atomic E-state index is 0. The molecule has 3 rings (SSSR count). The minimum atomic E-state index is 0. The summed E-state index contributed by atoms with van der Waals surface area (Å²) in [5, 5.41) is 3.45. The summed E-state index contributed by atoms with van der Waals surface area (Å²) >= 11 is 0.